The molecule has 26 heavy (non-hydrogen) atoms. The van der Waals surface area contributed by atoms with Gasteiger partial charge in [0, 0.05) is 18.2 Å². The molecular formula is C20H30N2O4. The van der Waals surface area contributed by atoms with Crippen molar-refractivity contribution in [1.29, 1.82) is 0 Å². The van der Waals surface area contributed by atoms with Crippen molar-refractivity contribution in [1.82, 2.24) is 10.2 Å². The number of ether oxygens (including phenoxy) is 3. The van der Waals surface area contributed by atoms with Crippen molar-refractivity contribution in [3.8, 4) is 17.2 Å². The molecule has 1 N–H and O–H groups in total. The van der Waals surface area contributed by atoms with Crippen molar-refractivity contribution >= 4 is 5.91 Å². The fraction of sp³-hybridized carbons (Fsp3) is 0.650. The number of hydrogen-bond acceptors (Lipinski definition) is 5. The third-order valence-corrected chi connectivity index (χ3v) is 5.83. The van der Waals surface area contributed by atoms with Crippen LogP contribution in [0.3, 0.4) is 0 Å². The Bertz CT molecular complexity index is 624. The highest BCUT2D eigenvalue weighted by atomic mass is 16.5. The molecule has 2 fully saturated rings. The van der Waals surface area contributed by atoms with Crippen LogP contribution in [0.5, 0.6) is 17.2 Å². The Labute approximate surface area is 155 Å². The lowest BCUT2D eigenvalue weighted by atomic mass is 9.73. The molecule has 144 valence electrons. The molecule has 1 aromatic rings. The first-order valence-corrected chi connectivity index (χ1v) is 9.35. The summed E-state index contributed by atoms with van der Waals surface area (Å²) in [5, 5.41) is 3.22. The van der Waals surface area contributed by atoms with Gasteiger partial charge in [-0.2, -0.15) is 0 Å². The maximum absolute atomic E-state index is 12.8. The molecule has 1 saturated heterocycles. The van der Waals surface area contributed by atoms with E-state index in [0.29, 0.717) is 22.8 Å². The number of nitrogens with one attached hydrogen (secondary N) is 1. The molecule has 1 aromatic carbocycles. The number of hydrogen-bond donors (Lipinski definition) is 1. The van der Waals surface area contributed by atoms with E-state index in [2.05, 4.69) is 17.3 Å². The minimum Gasteiger partial charge on any atom is -0.493 e. The number of carbonyl (C=O) groups is 1. The standard InChI is InChI=1S/C20H30N2O4/c1-22-8-7-13-9-16(6-5-14(13)12-22)21-20(23)15-10-17(24-2)19(26-4)18(11-15)25-3/h10-11,13-14,16H,5-9,12H2,1-4H3,(H,21,23)/t13-,14+,16-/m1/s1. The van der Waals surface area contributed by atoms with Gasteiger partial charge in [0.15, 0.2) is 11.5 Å². The van der Waals surface area contributed by atoms with Crippen LogP contribution in [0.15, 0.2) is 12.1 Å². The quantitative estimate of drug-likeness (QED) is 0.872. The largest absolute Gasteiger partial charge is 0.493 e. The van der Waals surface area contributed by atoms with Gasteiger partial charge in [0.25, 0.3) is 5.91 Å². The first kappa shape index (κ1) is 18.8. The van der Waals surface area contributed by atoms with Crippen LogP contribution in [-0.2, 0) is 0 Å². The molecule has 0 unspecified atom stereocenters. The van der Waals surface area contributed by atoms with Crippen LogP contribution >= 0.6 is 0 Å². The number of methoxy groups -OCH3 is 3. The van der Waals surface area contributed by atoms with E-state index in [4.69, 9.17) is 14.2 Å². The summed E-state index contributed by atoms with van der Waals surface area (Å²) in [6.45, 7) is 2.35. The van der Waals surface area contributed by atoms with Gasteiger partial charge in [-0.3, -0.25) is 4.79 Å². The van der Waals surface area contributed by atoms with Crippen molar-refractivity contribution in [2.75, 3.05) is 41.5 Å². The monoisotopic (exact) mass is 362 g/mol. The topological polar surface area (TPSA) is 60.0 Å². The average Bonchev–Trinajstić information content (AvgIpc) is 2.66. The van der Waals surface area contributed by atoms with Gasteiger partial charge in [0.2, 0.25) is 5.75 Å². The molecule has 3 rings (SSSR count). The van der Waals surface area contributed by atoms with Crippen molar-refractivity contribution in [2.45, 2.75) is 31.7 Å². The summed E-state index contributed by atoms with van der Waals surface area (Å²) in [5.41, 5.74) is 0.532. The molecule has 1 amide bonds. The van der Waals surface area contributed by atoms with Crippen LogP contribution in [0.1, 0.15) is 36.0 Å². The SMILES string of the molecule is COc1cc(C(=O)N[C@@H]2CC[C@H]3CN(C)CC[C@@H]3C2)cc(OC)c1OC. The van der Waals surface area contributed by atoms with Crippen LogP contribution < -0.4 is 19.5 Å². The molecule has 3 atom stereocenters. The molecule has 2 aliphatic rings. The smallest absolute Gasteiger partial charge is 0.251 e. The molecule has 0 aromatic heterocycles. The molecule has 1 saturated carbocycles. The van der Waals surface area contributed by atoms with Crippen LogP contribution in [-0.4, -0.2) is 58.3 Å². The average molecular weight is 362 g/mol. The Morgan fingerprint density at radius 3 is 2.35 bits per heavy atom. The lowest BCUT2D eigenvalue weighted by Crippen LogP contribution is -2.46. The number of rotatable bonds is 5. The van der Waals surface area contributed by atoms with E-state index in [-0.39, 0.29) is 11.9 Å². The zero-order chi connectivity index (χ0) is 18.7. The van der Waals surface area contributed by atoms with E-state index in [0.717, 1.165) is 31.2 Å². The number of nitrogens with zero attached hydrogens (tertiary/aromatic N) is 1. The summed E-state index contributed by atoms with van der Waals surface area (Å²) in [5.74, 6) is 2.92. The molecule has 0 spiro atoms. The molecule has 6 nitrogen and oxygen atoms in total. The molecule has 0 bridgehead atoms. The lowest BCUT2D eigenvalue weighted by molar-refractivity contribution is 0.0771. The summed E-state index contributed by atoms with van der Waals surface area (Å²) in [4.78, 5) is 15.2. The van der Waals surface area contributed by atoms with Crippen LogP contribution in [0, 0.1) is 11.8 Å². The molecule has 1 aliphatic heterocycles. The minimum absolute atomic E-state index is 0.0827. The number of fused-ring (bicyclic) bond motifs is 1. The Morgan fingerprint density at radius 2 is 1.73 bits per heavy atom. The number of carbonyl (C=O) groups excluding carboxylic acids is 1. The highest BCUT2D eigenvalue weighted by molar-refractivity contribution is 5.95. The first-order chi connectivity index (χ1) is 12.5. The zero-order valence-electron chi connectivity index (χ0n) is 16.2. The van der Waals surface area contributed by atoms with Gasteiger partial charge < -0.3 is 24.4 Å². The van der Waals surface area contributed by atoms with E-state index in [1.165, 1.54) is 19.4 Å². The Kier molecular flexibility index (Phi) is 5.91. The van der Waals surface area contributed by atoms with Gasteiger partial charge in [0.05, 0.1) is 21.3 Å². The van der Waals surface area contributed by atoms with E-state index in [9.17, 15) is 4.79 Å². The van der Waals surface area contributed by atoms with Gasteiger partial charge in [-0.05, 0) is 63.2 Å². The fourth-order valence-electron chi connectivity index (χ4n) is 4.41. The molecule has 0 radical (unpaired) electrons. The van der Waals surface area contributed by atoms with Gasteiger partial charge in [-0.1, -0.05) is 0 Å². The van der Waals surface area contributed by atoms with E-state index < -0.39 is 0 Å². The van der Waals surface area contributed by atoms with Gasteiger partial charge in [-0.25, -0.2) is 0 Å². The summed E-state index contributed by atoms with van der Waals surface area (Å²) >= 11 is 0. The second kappa shape index (κ2) is 8.16. The normalized spacial score (nSPS) is 25.9. The summed E-state index contributed by atoms with van der Waals surface area (Å²) in [6.07, 6.45) is 4.55. The maximum atomic E-state index is 12.8. The van der Waals surface area contributed by atoms with Gasteiger partial charge in [0.1, 0.15) is 0 Å². The molecule has 6 heteroatoms. The fourth-order valence-corrected chi connectivity index (χ4v) is 4.41. The summed E-state index contributed by atoms with van der Waals surface area (Å²) < 4.78 is 16.0. The number of benzene rings is 1. The third-order valence-electron chi connectivity index (χ3n) is 5.83. The second-order valence-electron chi connectivity index (χ2n) is 7.47. The van der Waals surface area contributed by atoms with E-state index in [1.807, 2.05) is 0 Å². The Hall–Kier alpha value is -1.95. The van der Waals surface area contributed by atoms with Crippen molar-refractivity contribution in [3.63, 3.8) is 0 Å². The Morgan fingerprint density at radius 1 is 1.04 bits per heavy atom. The molecular weight excluding hydrogens is 332 g/mol. The van der Waals surface area contributed by atoms with Crippen molar-refractivity contribution in [2.24, 2.45) is 11.8 Å². The number of likely N-dealkylation sites (tertiary alicyclic amines) is 1. The van der Waals surface area contributed by atoms with Crippen LogP contribution in [0.25, 0.3) is 0 Å². The van der Waals surface area contributed by atoms with E-state index in [1.54, 1.807) is 33.5 Å². The highest BCUT2D eigenvalue weighted by Crippen LogP contribution is 2.39. The molecule has 1 heterocycles. The third kappa shape index (κ3) is 3.90. The highest BCUT2D eigenvalue weighted by Gasteiger charge is 2.34. The lowest BCUT2D eigenvalue weighted by Gasteiger charge is -2.42. The summed E-state index contributed by atoms with van der Waals surface area (Å²) in [7, 11) is 6.87. The van der Waals surface area contributed by atoms with Gasteiger partial charge in [-0.15, -0.1) is 0 Å². The van der Waals surface area contributed by atoms with Crippen molar-refractivity contribution < 1.29 is 19.0 Å². The first-order valence-electron chi connectivity index (χ1n) is 9.35. The maximum Gasteiger partial charge on any atom is 0.251 e. The Balaban J connectivity index is 1.68. The van der Waals surface area contributed by atoms with Crippen LogP contribution in [0.4, 0.5) is 0 Å². The second-order valence-corrected chi connectivity index (χ2v) is 7.47. The predicted octanol–water partition coefficient (Wildman–Crippen LogP) is 2.56. The zero-order valence-corrected chi connectivity index (χ0v) is 16.2. The van der Waals surface area contributed by atoms with Crippen LogP contribution in [0.2, 0.25) is 0 Å². The number of piperidine rings is 1. The number of amides is 1. The summed E-state index contributed by atoms with van der Waals surface area (Å²) in [6, 6.07) is 3.65. The van der Waals surface area contributed by atoms with Gasteiger partial charge >= 0.3 is 0 Å². The molecule has 1 aliphatic carbocycles. The van der Waals surface area contributed by atoms with Crippen molar-refractivity contribution in [3.05, 3.63) is 17.7 Å². The predicted molar refractivity (Wildman–Crippen MR) is 100 cm³/mol. The minimum atomic E-state index is -0.0827. The van der Waals surface area contributed by atoms with E-state index >= 15 is 0 Å².